The molecule has 2 nitrogen and oxygen atoms in total. The molecule has 0 bridgehead atoms. The summed E-state index contributed by atoms with van der Waals surface area (Å²) in [5, 5.41) is 1.01. The Morgan fingerprint density at radius 2 is 1.72 bits per heavy atom. The predicted molar refractivity (Wildman–Crippen MR) is 73.5 cm³/mol. The number of hydrogen-bond acceptors (Lipinski definition) is 2. The van der Waals surface area contributed by atoms with Crippen molar-refractivity contribution < 1.29 is 4.79 Å². The van der Waals surface area contributed by atoms with E-state index in [-0.39, 0.29) is 12.2 Å². The molecule has 1 aromatic heterocycles. The molecule has 0 atom stereocenters. The van der Waals surface area contributed by atoms with E-state index in [4.69, 9.17) is 23.2 Å². The fourth-order valence-corrected chi connectivity index (χ4v) is 2.18. The van der Waals surface area contributed by atoms with Crippen LogP contribution in [0.5, 0.6) is 0 Å². The summed E-state index contributed by atoms with van der Waals surface area (Å²) >= 11 is 12.1. The standard InChI is InChI=1S/C14H11Cl2NO/c1-9-4-2-7-13(17-9)14(18)8-10-11(15)5-3-6-12(10)16/h2-7H,8H2,1H3. The summed E-state index contributed by atoms with van der Waals surface area (Å²) in [5.41, 5.74) is 1.89. The van der Waals surface area contributed by atoms with Crippen molar-refractivity contribution in [3.05, 3.63) is 63.4 Å². The number of ketones is 1. The molecule has 0 spiro atoms. The summed E-state index contributed by atoms with van der Waals surface area (Å²) in [6.45, 7) is 1.85. The maximum Gasteiger partial charge on any atom is 0.185 e. The number of halogens is 2. The van der Waals surface area contributed by atoms with E-state index in [1.165, 1.54) is 0 Å². The molecule has 0 amide bonds. The molecular formula is C14H11Cl2NO. The monoisotopic (exact) mass is 279 g/mol. The van der Waals surface area contributed by atoms with E-state index in [1.54, 1.807) is 24.3 Å². The first-order valence-corrected chi connectivity index (χ1v) is 6.23. The summed E-state index contributed by atoms with van der Waals surface area (Å²) in [5.74, 6) is -0.0892. The fraction of sp³-hybridized carbons (Fsp3) is 0.143. The van der Waals surface area contributed by atoms with Crippen molar-refractivity contribution in [2.45, 2.75) is 13.3 Å². The van der Waals surface area contributed by atoms with Gasteiger partial charge in [-0.15, -0.1) is 0 Å². The number of aromatic nitrogens is 1. The molecule has 0 aliphatic heterocycles. The Balaban J connectivity index is 2.27. The number of carbonyl (C=O) groups is 1. The maximum absolute atomic E-state index is 12.1. The van der Waals surface area contributed by atoms with Gasteiger partial charge in [-0.3, -0.25) is 9.78 Å². The van der Waals surface area contributed by atoms with Crippen LogP contribution in [0.25, 0.3) is 0 Å². The van der Waals surface area contributed by atoms with Gasteiger partial charge >= 0.3 is 0 Å². The van der Waals surface area contributed by atoms with Gasteiger partial charge in [-0.1, -0.05) is 35.3 Å². The Morgan fingerprint density at radius 1 is 1.11 bits per heavy atom. The molecule has 2 aromatic rings. The van der Waals surface area contributed by atoms with Crippen LogP contribution in [0, 0.1) is 6.92 Å². The lowest BCUT2D eigenvalue weighted by Crippen LogP contribution is -2.07. The van der Waals surface area contributed by atoms with E-state index in [9.17, 15) is 4.79 Å². The highest BCUT2D eigenvalue weighted by Gasteiger charge is 2.13. The van der Waals surface area contributed by atoms with Gasteiger partial charge in [0.2, 0.25) is 0 Å². The average Bonchev–Trinajstić information content (AvgIpc) is 2.34. The minimum absolute atomic E-state index is 0.0892. The van der Waals surface area contributed by atoms with Crippen molar-refractivity contribution in [2.75, 3.05) is 0 Å². The summed E-state index contributed by atoms with van der Waals surface area (Å²) in [6, 6.07) is 10.5. The zero-order valence-electron chi connectivity index (χ0n) is 9.78. The van der Waals surface area contributed by atoms with Gasteiger partial charge in [0.05, 0.1) is 0 Å². The molecule has 0 aliphatic rings. The Morgan fingerprint density at radius 3 is 2.33 bits per heavy atom. The summed E-state index contributed by atoms with van der Waals surface area (Å²) in [6.07, 6.45) is 0.162. The average molecular weight is 280 g/mol. The van der Waals surface area contributed by atoms with Crippen molar-refractivity contribution in [3.63, 3.8) is 0 Å². The molecule has 4 heteroatoms. The molecule has 92 valence electrons. The van der Waals surface area contributed by atoms with Crippen LogP contribution in [-0.2, 0) is 6.42 Å². The van der Waals surface area contributed by atoms with E-state index in [1.807, 2.05) is 19.1 Å². The highest BCUT2D eigenvalue weighted by atomic mass is 35.5. The SMILES string of the molecule is Cc1cccc(C(=O)Cc2c(Cl)cccc2Cl)n1. The number of hydrogen-bond donors (Lipinski definition) is 0. The minimum atomic E-state index is -0.0892. The lowest BCUT2D eigenvalue weighted by Gasteiger charge is -2.06. The number of nitrogens with zero attached hydrogens (tertiary/aromatic N) is 1. The van der Waals surface area contributed by atoms with Gasteiger partial charge in [0, 0.05) is 22.2 Å². The maximum atomic E-state index is 12.1. The van der Waals surface area contributed by atoms with Crippen LogP contribution in [0.3, 0.4) is 0 Å². The van der Waals surface area contributed by atoms with E-state index < -0.39 is 0 Å². The predicted octanol–water partition coefficient (Wildman–Crippen LogP) is 4.12. The number of pyridine rings is 1. The van der Waals surface area contributed by atoms with E-state index >= 15 is 0 Å². The highest BCUT2D eigenvalue weighted by molar-refractivity contribution is 6.36. The third-order valence-corrected chi connectivity index (χ3v) is 3.28. The van der Waals surface area contributed by atoms with Gasteiger partial charge in [0.15, 0.2) is 5.78 Å². The van der Waals surface area contributed by atoms with Crippen molar-refractivity contribution in [2.24, 2.45) is 0 Å². The number of aryl methyl sites for hydroxylation is 1. The van der Waals surface area contributed by atoms with Crippen LogP contribution in [0.15, 0.2) is 36.4 Å². The Hall–Kier alpha value is -1.38. The first-order chi connectivity index (χ1) is 8.58. The topological polar surface area (TPSA) is 30.0 Å². The highest BCUT2D eigenvalue weighted by Crippen LogP contribution is 2.25. The van der Waals surface area contributed by atoms with Gasteiger partial charge < -0.3 is 0 Å². The van der Waals surface area contributed by atoms with Gasteiger partial charge in [-0.25, -0.2) is 0 Å². The van der Waals surface area contributed by atoms with Gasteiger partial charge in [0.1, 0.15) is 5.69 Å². The second-order valence-corrected chi connectivity index (χ2v) is 4.78. The van der Waals surface area contributed by atoms with Gasteiger partial charge in [0.25, 0.3) is 0 Å². The molecule has 0 N–H and O–H groups in total. The van der Waals surface area contributed by atoms with Crippen molar-refractivity contribution in [3.8, 4) is 0 Å². The first-order valence-electron chi connectivity index (χ1n) is 5.47. The Labute approximate surface area is 116 Å². The van der Waals surface area contributed by atoms with E-state index in [0.717, 1.165) is 5.69 Å². The summed E-state index contributed by atoms with van der Waals surface area (Å²) in [7, 11) is 0. The molecule has 0 saturated carbocycles. The Bertz CT molecular complexity index is 576. The van der Waals surface area contributed by atoms with Crippen LogP contribution in [0.1, 0.15) is 21.7 Å². The van der Waals surface area contributed by atoms with Crippen molar-refractivity contribution in [1.29, 1.82) is 0 Å². The number of rotatable bonds is 3. The first kappa shape index (κ1) is 13.1. The quantitative estimate of drug-likeness (QED) is 0.791. The smallest absolute Gasteiger partial charge is 0.185 e. The zero-order valence-corrected chi connectivity index (χ0v) is 11.3. The zero-order chi connectivity index (χ0) is 13.1. The molecule has 1 heterocycles. The molecule has 0 unspecified atom stereocenters. The third-order valence-electron chi connectivity index (χ3n) is 2.57. The van der Waals surface area contributed by atoms with E-state index in [0.29, 0.717) is 21.3 Å². The van der Waals surface area contributed by atoms with Crippen molar-refractivity contribution in [1.82, 2.24) is 4.98 Å². The molecule has 2 rings (SSSR count). The molecule has 0 aliphatic carbocycles. The molecule has 1 aromatic carbocycles. The molecule has 18 heavy (non-hydrogen) atoms. The largest absolute Gasteiger partial charge is 0.292 e. The van der Waals surface area contributed by atoms with Gasteiger partial charge in [-0.05, 0) is 36.8 Å². The minimum Gasteiger partial charge on any atom is -0.292 e. The summed E-state index contributed by atoms with van der Waals surface area (Å²) in [4.78, 5) is 16.3. The van der Waals surface area contributed by atoms with Crippen LogP contribution in [-0.4, -0.2) is 10.8 Å². The Kier molecular flexibility index (Phi) is 4.00. The second kappa shape index (κ2) is 5.51. The molecular weight excluding hydrogens is 269 g/mol. The lowest BCUT2D eigenvalue weighted by atomic mass is 10.1. The third kappa shape index (κ3) is 2.89. The summed E-state index contributed by atoms with van der Waals surface area (Å²) < 4.78 is 0. The molecule has 0 saturated heterocycles. The second-order valence-electron chi connectivity index (χ2n) is 3.96. The number of carbonyl (C=O) groups excluding carboxylic acids is 1. The lowest BCUT2D eigenvalue weighted by molar-refractivity contribution is 0.0988. The van der Waals surface area contributed by atoms with Crippen molar-refractivity contribution >= 4 is 29.0 Å². The van der Waals surface area contributed by atoms with E-state index in [2.05, 4.69) is 4.98 Å². The molecule has 0 fully saturated rings. The van der Waals surface area contributed by atoms with Gasteiger partial charge in [-0.2, -0.15) is 0 Å². The molecule has 0 radical (unpaired) electrons. The number of Topliss-reactive ketones (excluding diaryl/α,β-unsaturated/α-hetero) is 1. The van der Waals surface area contributed by atoms with Crippen LogP contribution < -0.4 is 0 Å². The van der Waals surface area contributed by atoms with Crippen LogP contribution >= 0.6 is 23.2 Å². The number of benzene rings is 1. The fourth-order valence-electron chi connectivity index (χ4n) is 1.65. The normalized spacial score (nSPS) is 10.4. The van der Waals surface area contributed by atoms with Crippen LogP contribution in [0.4, 0.5) is 0 Å². The van der Waals surface area contributed by atoms with Crippen LogP contribution in [0.2, 0.25) is 10.0 Å².